The molecule has 1 atom stereocenters. The molecule has 0 saturated carbocycles. The standard InChI is InChI=1S/C19H22ClNO3/c1-14(24-18-8-4-3-7-17(18)20)19(22)21-13-5-6-15-9-11-16(23-2)12-10-15/h3-4,7-12,14H,5-6,13H2,1-2H3,(H,21,22)/t14-/m0/s1. The summed E-state index contributed by atoms with van der Waals surface area (Å²) in [6.45, 7) is 2.31. The number of nitrogens with one attached hydrogen (secondary N) is 1. The number of hydrogen-bond donors (Lipinski definition) is 1. The monoisotopic (exact) mass is 347 g/mol. The zero-order valence-electron chi connectivity index (χ0n) is 13.9. The van der Waals surface area contributed by atoms with Crippen molar-refractivity contribution in [2.45, 2.75) is 25.9 Å². The molecule has 1 N–H and O–H groups in total. The van der Waals surface area contributed by atoms with Crippen LogP contribution in [0.5, 0.6) is 11.5 Å². The molecule has 128 valence electrons. The maximum atomic E-state index is 12.1. The summed E-state index contributed by atoms with van der Waals surface area (Å²) >= 11 is 6.02. The maximum Gasteiger partial charge on any atom is 0.260 e. The molecule has 24 heavy (non-hydrogen) atoms. The van der Waals surface area contributed by atoms with Crippen molar-refractivity contribution < 1.29 is 14.3 Å². The van der Waals surface area contributed by atoms with Gasteiger partial charge in [-0.3, -0.25) is 4.79 Å². The van der Waals surface area contributed by atoms with Gasteiger partial charge in [0.2, 0.25) is 0 Å². The van der Waals surface area contributed by atoms with Crippen LogP contribution in [0.25, 0.3) is 0 Å². The average Bonchev–Trinajstić information content (AvgIpc) is 2.61. The molecule has 2 aromatic carbocycles. The van der Waals surface area contributed by atoms with Crippen LogP contribution in [0, 0.1) is 0 Å². The van der Waals surface area contributed by atoms with Gasteiger partial charge in [-0.2, -0.15) is 0 Å². The van der Waals surface area contributed by atoms with Gasteiger partial charge >= 0.3 is 0 Å². The fourth-order valence-electron chi connectivity index (χ4n) is 2.22. The summed E-state index contributed by atoms with van der Waals surface area (Å²) in [6, 6.07) is 15.1. The highest BCUT2D eigenvalue weighted by atomic mass is 35.5. The Morgan fingerprint density at radius 2 is 1.88 bits per heavy atom. The number of ether oxygens (including phenoxy) is 2. The van der Waals surface area contributed by atoms with Gasteiger partial charge < -0.3 is 14.8 Å². The lowest BCUT2D eigenvalue weighted by Gasteiger charge is -2.15. The number of aryl methyl sites for hydroxylation is 1. The Labute approximate surface area is 147 Å². The third-order valence-electron chi connectivity index (χ3n) is 3.61. The lowest BCUT2D eigenvalue weighted by Crippen LogP contribution is -2.37. The van der Waals surface area contributed by atoms with Gasteiger partial charge in [-0.25, -0.2) is 0 Å². The zero-order valence-corrected chi connectivity index (χ0v) is 14.7. The molecule has 0 aromatic heterocycles. The van der Waals surface area contributed by atoms with E-state index in [0.29, 0.717) is 17.3 Å². The largest absolute Gasteiger partial charge is 0.497 e. The molecule has 0 fully saturated rings. The summed E-state index contributed by atoms with van der Waals surface area (Å²) in [6.07, 6.45) is 1.16. The van der Waals surface area contributed by atoms with E-state index in [1.165, 1.54) is 5.56 Å². The topological polar surface area (TPSA) is 47.6 Å². The van der Waals surface area contributed by atoms with E-state index in [-0.39, 0.29) is 5.91 Å². The van der Waals surface area contributed by atoms with Gasteiger partial charge in [-0.05, 0) is 49.6 Å². The smallest absolute Gasteiger partial charge is 0.260 e. The summed E-state index contributed by atoms with van der Waals surface area (Å²) in [5.41, 5.74) is 1.21. The number of carbonyl (C=O) groups is 1. The molecule has 0 bridgehead atoms. The second-order valence-corrected chi connectivity index (χ2v) is 5.84. The van der Waals surface area contributed by atoms with Gasteiger partial charge in [0, 0.05) is 6.54 Å². The number of halogens is 1. The van der Waals surface area contributed by atoms with Crippen LogP contribution in [0.15, 0.2) is 48.5 Å². The van der Waals surface area contributed by atoms with E-state index >= 15 is 0 Å². The minimum absolute atomic E-state index is 0.148. The summed E-state index contributed by atoms with van der Waals surface area (Å²) in [7, 11) is 1.65. The lowest BCUT2D eigenvalue weighted by molar-refractivity contribution is -0.127. The summed E-state index contributed by atoms with van der Waals surface area (Å²) in [5.74, 6) is 1.21. The molecule has 0 spiro atoms. The Balaban J connectivity index is 1.71. The van der Waals surface area contributed by atoms with Gasteiger partial charge in [0.05, 0.1) is 12.1 Å². The SMILES string of the molecule is COc1ccc(CCCNC(=O)[C@H](C)Oc2ccccc2Cl)cc1. The number of methoxy groups -OCH3 is 1. The van der Waals surface area contributed by atoms with E-state index in [2.05, 4.69) is 5.32 Å². The molecule has 0 saturated heterocycles. The van der Waals surface area contributed by atoms with E-state index in [4.69, 9.17) is 21.1 Å². The molecule has 2 aromatic rings. The van der Waals surface area contributed by atoms with E-state index in [1.54, 1.807) is 26.2 Å². The molecule has 0 aliphatic carbocycles. The predicted octanol–water partition coefficient (Wildman–Crippen LogP) is 3.86. The predicted molar refractivity (Wildman–Crippen MR) is 95.9 cm³/mol. The van der Waals surface area contributed by atoms with Crippen molar-refractivity contribution in [2.75, 3.05) is 13.7 Å². The van der Waals surface area contributed by atoms with Crippen LogP contribution in [0.2, 0.25) is 5.02 Å². The van der Waals surface area contributed by atoms with Crippen molar-refractivity contribution in [1.82, 2.24) is 5.32 Å². The van der Waals surface area contributed by atoms with Gasteiger partial charge in [0.1, 0.15) is 11.5 Å². The van der Waals surface area contributed by atoms with E-state index in [1.807, 2.05) is 36.4 Å². The summed E-state index contributed by atoms with van der Waals surface area (Å²) in [5, 5.41) is 3.38. The maximum absolute atomic E-state index is 12.1. The molecule has 0 heterocycles. The van der Waals surface area contributed by atoms with Crippen molar-refractivity contribution in [3.8, 4) is 11.5 Å². The van der Waals surface area contributed by atoms with Gasteiger partial charge in [0.15, 0.2) is 6.10 Å². The average molecular weight is 348 g/mol. The number of para-hydroxylation sites is 1. The molecule has 4 nitrogen and oxygen atoms in total. The van der Waals surface area contributed by atoms with Crippen LogP contribution in [0.1, 0.15) is 18.9 Å². The van der Waals surface area contributed by atoms with Crippen LogP contribution >= 0.6 is 11.6 Å². The third kappa shape index (κ3) is 5.46. The number of amides is 1. The highest BCUT2D eigenvalue weighted by molar-refractivity contribution is 6.32. The molecular formula is C19H22ClNO3. The van der Waals surface area contributed by atoms with Crippen LogP contribution in [-0.4, -0.2) is 25.7 Å². The normalized spacial score (nSPS) is 11.6. The second kappa shape index (κ2) is 9.18. The van der Waals surface area contributed by atoms with Crippen LogP contribution < -0.4 is 14.8 Å². The van der Waals surface area contributed by atoms with Crippen LogP contribution in [0.4, 0.5) is 0 Å². The number of benzene rings is 2. The Bertz CT molecular complexity index is 658. The Morgan fingerprint density at radius 3 is 2.54 bits per heavy atom. The molecular weight excluding hydrogens is 326 g/mol. The number of hydrogen-bond acceptors (Lipinski definition) is 3. The van der Waals surface area contributed by atoms with Gasteiger partial charge in [-0.15, -0.1) is 0 Å². The molecule has 2 rings (SSSR count). The molecule has 0 aliphatic heterocycles. The first kappa shape index (κ1) is 18.1. The highest BCUT2D eigenvalue weighted by Gasteiger charge is 2.15. The molecule has 5 heteroatoms. The third-order valence-corrected chi connectivity index (χ3v) is 3.92. The summed E-state index contributed by atoms with van der Waals surface area (Å²) < 4.78 is 10.7. The van der Waals surface area contributed by atoms with Crippen molar-refractivity contribution in [3.63, 3.8) is 0 Å². The van der Waals surface area contributed by atoms with E-state index < -0.39 is 6.10 Å². The van der Waals surface area contributed by atoms with Crippen molar-refractivity contribution in [1.29, 1.82) is 0 Å². The quantitative estimate of drug-likeness (QED) is 0.737. The molecule has 0 radical (unpaired) electrons. The fraction of sp³-hybridized carbons (Fsp3) is 0.316. The zero-order chi connectivity index (χ0) is 17.4. The first-order valence-electron chi connectivity index (χ1n) is 7.92. The Kier molecular flexibility index (Phi) is 6.94. The minimum atomic E-state index is -0.592. The van der Waals surface area contributed by atoms with Crippen LogP contribution in [0.3, 0.4) is 0 Å². The first-order chi connectivity index (χ1) is 11.6. The molecule has 0 aliphatic rings. The number of rotatable bonds is 8. The fourth-order valence-corrected chi connectivity index (χ4v) is 2.40. The van der Waals surface area contributed by atoms with Crippen molar-refractivity contribution in [2.24, 2.45) is 0 Å². The molecule has 0 unspecified atom stereocenters. The minimum Gasteiger partial charge on any atom is -0.497 e. The van der Waals surface area contributed by atoms with Crippen molar-refractivity contribution in [3.05, 3.63) is 59.1 Å². The van der Waals surface area contributed by atoms with Crippen molar-refractivity contribution >= 4 is 17.5 Å². The van der Waals surface area contributed by atoms with E-state index in [0.717, 1.165) is 18.6 Å². The summed E-state index contributed by atoms with van der Waals surface area (Å²) in [4.78, 5) is 12.1. The Morgan fingerprint density at radius 1 is 1.17 bits per heavy atom. The Hall–Kier alpha value is -2.20. The number of carbonyl (C=O) groups excluding carboxylic acids is 1. The van der Waals surface area contributed by atoms with Gasteiger partial charge in [-0.1, -0.05) is 35.9 Å². The molecule has 1 amide bonds. The highest BCUT2D eigenvalue weighted by Crippen LogP contribution is 2.24. The van der Waals surface area contributed by atoms with Gasteiger partial charge in [0.25, 0.3) is 5.91 Å². The second-order valence-electron chi connectivity index (χ2n) is 5.43. The first-order valence-corrected chi connectivity index (χ1v) is 8.30. The lowest BCUT2D eigenvalue weighted by atomic mass is 10.1. The van der Waals surface area contributed by atoms with E-state index in [9.17, 15) is 4.79 Å². The van der Waals surface area contributed by atoms with Crippen LogP contribution in [-0.2, 0) is 11.2 Å².